The lowest BCUT2D eigenvalue weighted by Gasteiger charge is -2.34. The molecule has 2 heteroatoms. The quantitative estimate of drug-likeness (QED) is 0.0556. The fraction of sp³-hybridized carbons (Fsp3) is 0.212. The van der Waals surface area contributed by atoms with Gasteiger partial charge >= 0.3 is 0 Å². The Hall–Kier alpha value is -7.16. The highest BCUT2D eigenvalue weighted by atomic mass is 15.1. The summed E-state index contributed by atoms with van der Waals surface area (Å²) >= 11 is 0. The number of rotatable bonds is 20. The van der Waals surface area contributed by atoms with Crippen LogP contribution >= 0.6 is 0 Å². The minimum Gasteiger partial charge on any atom is -0.311 e. The van der Waals surface area contributed by atoms with Crippen LogP contribution in [0.2, 0.25) is 0 Å². The first-order valence-corrected chi connectivity index (χ1v) is 25.2. The highest BCUT2D eigenvalue weighted by Gasteiger charge is 2.42. The average molecular weight is 887 g/mol. The van der Waals surface area contributed by atoms with Gasteiger partial charge in [0.25, 0.3) is 0 Å². The lowest BCUT2D eigenvalue weighted by molar-refractivity contribution is 0.401. The molecule has 0 amide bonds. The van der Waals surface area contributed by atoms with Crippen LogP contribution in [0.4, 0.5) is 34.1 Å². The second kappa shape index (κ2) is 22.1. The molecule has 0 aliphatic heterocycles. The van der Waals surface area contributed by atoms with Gasteiger partial charge < -0.3 is 9.80 Å². The van der Waals surface area contributed by atoms with Gasteiger partial charge in [0.05, 0.1) is 0 Å². The molecule has 0 radical (unpaired) electrons. The molecule has 68 heavy (non-hydrogen) atoms. The molecule has 8 aromatic carbocycles. The fourth-order valence-electron chi connectivity index (χ4n) is 10.3. The lowest BCUT2D eigenvalue weighted by atomic mass is 9.70. The van der Waals surface area contributed by atoms with Crippen molar-refractivity contribution in [3.63, 3.8) is 0 Å². The zero-order valence-electron chi connectivity index (χ0n) is 40.3. The molecule has 2 nitrogen and oxygen atoms in total. The molecule has 0 N–H and O–H groups in total. The van der Waals surface area contributed by atoms with Gasteiger partial charge in [-0.3, -0.25) is 0 Å². The Morgan fingerprint density at radius 2 is 0.706 bits per heavy atom. The van der Waals surface area contributed by atoms with Crippen molar-refractivity contribution in [1.29, 1.82) is 0 Å². The number of benzene rings is 8. The molecule has 0 aromatic heterocycles. The largest absolute Gasteiger partial charge is 0.311 e. The summed E-state index contributed by atoms with van der Waals surface area (Å²) in [5.41, 5.74) is 18.7. The molecule has 0 fully saturated rings. The van der Waals surface area contributed by atoms with Gasteiger partial charge in [-0.05, 0) is 137 Å². The van der Waals surface area contributed by atoms with E-state index in [0.29, 0.717) is 0 Å². The maximum atomic E-state index is 2.56. The second-order valence-electron chi connectivity index (χ2n) is 18.7. The van der Waals surface area contributed by atoms with E-state index >= 15 is 0 Å². The first-order valence-electron chi connectivity index (χ1n) is 25.2. The third-order valence-corrected chi connectivity index (χ3v) is 13.9. The van der Waals surface area contributed by atoms with Gasteiger partial charge in [0.2, 0.25) is 0 Å². The second-order valence-corrected chi connectivity index (χ2v) is 18.7. The SMILES string of the molecule is CCCCCCC1(CCCCCC)c2ccccc2-c2ccc(N(c3ccc(C=Cc4ccc(C)cc4)cc3)c3ccc(C=Cc4ccc(N(c5ccccc5)c5ccccc5)cc4)cc3)cc21. The van der Waals surface area contributed by atoms with Gasteiger partial charge in [-0.25, -0.2) is 0 Å². The zero-order chi connectivity index (χ0) is 46.5. The van der Waals surface area contributed by atoms with Crippen LogP contribution in [0.5, 0.6) is 0 Å². The molecule has 340 valence electrons. The third kappa shape index (κ3) is 10.5. The monoisotopic (exact) mass is 887 g/mol. The summed E-state index contributed by atoms with van der Waals surface area (Å²) in [6.45, 7) is 6.78. The summed E-state index contributed by atoms with van der Waals surface area (Å²) in [6, 6.07) is 73.6. The predicted octanol–water partition coefficient (Wildman–Crippen LogP) is 19.5. The van der Waals surface area contributed by atoms with E-state index in [1.165, 1.54) is 109 Å². The van der Waals surface area contributed by atoms with E-state index in [1.807, 2.05) is 0 Å². The smallest absolute Gasteiger partial charge is 0.0465 e. The highest BCUT2D eigenvalue weighted by Crippen LogP contribution is 2.55. The van der Waals surface area contributed by atoms with E-state index in [0.717, 1.165) is 39.6 Å². The molecule has 0 atom stereocenters. The van der Waals surface area contributed by atoms with Crippen molar-refractivity contribution in [2.45, 2.75) is 90.4 Å². The summed E-state index contributed by atoms with van der Waals surface area (Å²) in [5, 5.41) is 0. The van der Waals surface area contributed by atoms with Crippen LogP contribution in [-0.4, -0.2) is 0 Å². The van der Waals surface area contributed by atoms with Gasteiger partial charge in [-0.2, -0.15) is 0 Å². The van der Waals surface area contributed by atoms with E-state index in [9.17, 15) is 0 Å². The van der Waals surface area contributed by atoms with Crippen molar-refractivity contribution >= 4 is 58.4 Å². The average Bonchev–Trinajstić information content (AvgIpc) is 3.66. The molecule has 0 unspecified atom stereocenters. The molecule has 1 aliphatic rings. The predicted molar refractivity (Wildman–Crippen MR) is 295 cm³/mol. The zero-order valence-corrected chi connectivity index (χ0v) is 40.3. The van der Waals surface area contributed by atoms with Gasteiger partial charge in [0, 0.05) is 39.5 Å². The number of para-hydroxylation sites is 2. The summed E-state index contributed by atoms with van der Waals surface area (Å²) in [4.78, 5) is 4.77. The van der Waals surface area contributed by atoms with Crippen LogP contribution in [0.1, 0.15) is 117 Å². The lowest BCUT2D eigenvalue weighted by Crippen LogP contribution is -2.26. The molecule has 0 saturated heterocycles. The topological polar surface area (TPSA) is 6.48 Å². The summed E-state index contributed by atoms with van der Waals surface area (Å²) < 4.78 is 0. The Kier molecular flexibility index (Phi) is 14.9. The highest BCUT2D eigenvalue weighted by molar-refractivity contribution is 5.87. The number of fused-ring (bicyclic) bond motifs is 3. The van der Waals surface area contributed by atoms with Crippen LogP contribution in [0, 0.1) is 6.92 Å². The Labute approximate surface area is 407 Å². The normalized spacial score (nSPS) is 12.6. The van der Waals surface area contributed by atoms with Crippen molar-refractivity contribution in [2.24, 2.45) is 0 Å². The van der Waals surface area contributed by atoms with E-state index in [-0.39, 0.29) is 5.41 Å². The Morgan fingerprint density at radius 3 is 1.16 bits per heavy atom. The molecule has 8 aromatic rings. The van der Waals surface area contributed by atoms with E-state index in [2.05, 4.69) is 255 Å². The Morgan fingerprint density at radius 1 is 0.338 bits per heavy atom. The maximum absolute atomic E-state index is 2.56. The molecular formula is C66H66N2. The van der Waals surface area contributed by atoms with E-state index in [1.54, 1.807) is 0 Å². The molecule has 0 bridgehead atoms. The van der Waals surface area contributed by atoms with Crippen LogP contribution in [0.25, 0.3) is 35.4 Å². The van der Waals surface area contributed by atoms with Crippen molar-refractivity contribution in [3.05, 3.63) is 239 Å². The molecule has 1 aliphatic carbocycles. The van der Waals surface area contributed by atoms with Crippen LogP contribution in [0.15, 0.2) is 200 Å². The maximum Gasteiger partial charge on any atom is 0.0465 e. The van der Waals surface area contributed by atoms with E-state index < -0.39 is 0 Å². The number of aryl methyl sites for hydroxylation is 1. The Bertz CT molecular complexity index is 2840. The minimum atomic E-state index is 0.00789. The first kappa shape index (κ1) is 46.0. The number of hydrogen-bond donors (Lipinski definition) is 0. The number of nitrogens with zero attached hydrogens (tertiary/aromatic N) is 2. The molecule has 0 spiro atoms. The minimum absolute atomic E-state index is 0.00789. The van der Waals surface area contributed by atoms with Crippen LogP contribution < -0.4 is 9.80 Å². The van der Waals surface area contributed by atoms with Crippen LogP contribution in [-0.2, 0) is 5.41 Å². The number of anilines is 6. The van der Waals surface area contributed by atoms with Gasteiger partial charge in [-0.15, -0.1) is 0 Å². The summed E-state index contributed by atoms with van der Waals surface area (Å²) in [5.74, 6) is 0. The molecule has 9 rings (SSSR count). The van der Waals surface area contributed by atoms with E-state index in [4.69, 9.17) is 0 Å². The molecular weight excluding hydrogens is 821 g/mol. The summed E-state index contributed by atoms with van der Waals surface area (Å²) in [7, 11) is 0. The van der Waals surface area contributed by atoms with Crippen LogP contribution in [0.3, 0.4) is 0 Å². The van der Waals surface area contributed by atoms with Crippen molar-refractivity contribution in [3.8, 4) is 11.1 Å². The molecule has 0 heterocycles. The standard InChI is InChI=1S/C66H66N2/c1-4-6-8-18-48-66(49-19-9-7-5-2)64-25-17-16-24-62(64)63-47-46-61(50-65(63)66)68(59-42-36-53(37-43-59)31-30-52-28-26-51(3)27-29-52)60-44-38-55(39-45-60)33-32-54-34-40-58(41-35-54)67(56-20-12-10-13-21-56)57-22-14-11-15-23-57/h10-17,20-47,50H,4-9,18-19,48-49H2,1-3H3. The number of unbranched alkanes of at least 4 members (excludes halogenated alkanes) is 6. The van der Waals surface area contributed by atoms with Gasteiger partial charge in [0.1, 0.15) is 0 Å². The van der Waals surface area contributed by atoms with Gasteiger partial charge in [0.15, 0.2) is 0 Å². The first-order chi connectivity index (χ1) is 33.5. The third-order valence-electron chi connectivity index (χ3n) is 13.9. The molecule has 0 saturated carbocycles. The summed E-state index contributed by atoms with van der Waals surface area (Å²) in [6.07, 6.45) is 21.4. The number of hydrogen-bond acceptors (Lipinski definition) is 2. The van der Waals surface area contributed by atoms with Crippen molar-refractivity contribution < 1.29 is 0 Å². The fourth-order valence-corrected chi connectivity index (χ4v) is 10.3. The van der Waals surface area contributed by atoms with Crippen molar-refractivity contribution in [1.82, 2.24) is 0 Å². The van der Waals surface area contributed by atoms with Gasteiger partial charge in [-0.1, -0.05) is 222 Å². The van der Waals surface area contributed by atoms with Crippen molar-refractivity contribution in [2.75, 3.05) is 9.80 Å². The Balaban J connectivity index is 1.04.